The molecule has 1 amide bonds. The topological polar surface area (TPSA) is 85.8 Å². The molecule has 6 nitrogen and oxygen atoms in total. The van der Waals surface area contributed by atoms with Gasteiger partial charge in [-0.1, -0.05) is 22.9 Å². The van der Waals surface area contributed by atoms with Crippen molar-refractivity contribution in [1.29, 1.82) is 0 Å². The predicted octanol–water partition coefficient (Wildman–Crippen LogP) is 1.85. The van der Waals surface area contributed by atoms with E-state index in [9.17, 15) is 4.79 Å². The van der Waals surface area contributed by atoms with Crippen LogP contribution in [0, 0.1) is 12.8 Å². The number of aromatic nitrogens is 3. The van der Waals surface area contributed by atoms with Gasteiger partial charge in [-0.05, 0) is 44.7 Å². The summed E-state index contributed by atoms with van der Waals surface area (Å²) in [6.45, 7) is 4.44. The lowest BCUT2D eigenvalue weighted by Gasteiger charge is -2.28. The van der Waals surface area contributed by atoms with Crippen molar-refractivity contribution in [1.82, 2.24) is 20.3 Å². The highest BCUT2D eigenvalue weighted by Gasteiger charge is 2.41. The van der Waals surface area contributed by atoms with E-state index in [4.69, 9.17) is 5.73 Å². The molecule has 0 spiro atoms. The maximum absolute atomic E-state index is 12.4. The van der Waals surface area contributed by atoms with Crippen LogP contribution in [0.15, 0.2) is 30.5 Å². The smallest absolute Gasteiger partial charge is 0.273 e. The minimum absolute atomic E-state index is 0. The molecule has 0 saturated heterocycles. The average Bonchev–Trinajstić information content (AvgIpc) is 3.26. The maximum atomic E-state index is 12.4. The lowest BCUT2D eigenvalue weighted by molar-refractivity contribution is 0.0892. The Labute approximate surface area is 141 Å². The zero-order chi connectivity index (χ0) is 15.7. The second-order valence-electron chi connectivity index (χ2n) is 6.23. The van der Waals surface area contributed by atoms with E-state index in [2.05, 4.69) is 15.6 Å². The number of nitrogens with zero attached hydrogens (tertiary/aromatic N) is 3. The van der Waals surface area contributed by atoms with E-state index in [1.807, 2.05) is 38.1 Å². The number of nitrogens with one attached hydrogen (secondary N) is 1. The third-order valence-electron chi connectivity index (χ3n) is 4.33. The molecule has 1 heterocycles. The number of hydrogen-bond acceptors (Lipinski definition) is 4. The molecule has 0 bridgehead atoms. The van der Waals surface area contributed by atoms with E-state index in [0.717, 1.165) is 18.5 Å². The van der Waals surface area contributed by atoms with Gasteiger partial charge in [0.2, 0.25) is 0 Å². The molecule has 0 radical (unpaired) electrons. The Morgan fingerprint density at radius 2 is 2.04 bits per heavy atom. The molecule has 1 aromatic carbocycles. The van der Waals surface area contributed by atoms with E-state index in [-0.39, 0.29) is 23.9 Å². The maximum Gasteiger partial charge on any atom is 0.273 e. The van der Waals surface area contributed by atoms with E-state index in [1.165, 1.54) is 5.56 Å². The predicted molar refractivity (Wildman–Crippen MR) is 91.0 cm³/mol. The normalized spacial score (nSPS) is 16.3. The van der Waals surface area contributed by atoms with Crippen LogP contribution in [0.2, 0.25) is 0 Å². The average molecular weight is 336 g/mol. The molecule has 1 aromatic heterocycles. The van der Waals surface area contributed by atoms with Crippen molar-refractivity contribution in [2.75, 3.05) is 6.54 Å². The summed E-state index contributed by atoms with van der Waals surface area (Å²) in [4.78, 5) is 12.4. The molecule has 23 heavy (non-hydrogen) atoms. The molecule has 1 unspecified atom stereocenters. The van der Waals surface area contributed by atoms with Crippen molar-refractivity contribution < 1.29 is 4.79 Å². The summed E-state index contributed by atoms with van der Waals surface area (Å²) in [5.41, 5.74) is 7.83. The number of carbonyl (C=O) groups excluding carboxylic acids is 1. The van der Waals surface area contributed by atoms with Crippen LogP contribution in [0.3, 0.4) is 0 Å². The van der Waals surface area contributed by atoms with E-state index in [1.54, 1.807) is 10.9 Å². The fourth-order valence-corrected chi connectivity index (χ4v) is 2.56. The van der Waals surface area contributed by atoms with Crippen LogP contribution >= 0.6 is 12.4 Å². The second kappa shape index (κ2) is 6.68. The summed E-state index contributed by atoms with van der Waals surface area (Å²) in [5, 5.41) is 11.0. The van der Waals surface area contributed by atoms with Crippen LogP contribution in [-0.4, -0.2) is 33.0 Å². The molecule has 1 saturated carbocycles. The highest BCUT2D eigenvalue weighted by Crippen LogP contribution is 2.39. The molecule has 3 N–H and O–H groups in total. The summed E-state index contributed by atoms with van der Waals surface area (Å²) in [6.07, 6.45) is 3.87. The number of hydrogen-bond donors (Lipinski definition) is 2. The van der Waals surface area contributed by atoms with Crippen molar-refractivity contribution in [3.8, 4) is 5.69 Å². The Balaban J connectivity index is 0.00000192. The largest absolute Gasteiger partial charge is 0.344 e. The van der Waals surface area contributed by atoms with Crippen molar-refractivity contribution in [3.63, 3.8) is 0 Å². The first-order valence-corrected chi connectivity index (χ1v) is 7.54. The van der Waals surface area contributed by atoms with Crippen LogP contribution in [0.1, 0.15) is 35.8 Å². The third-order valence-corrected chi connectivity index (χ3v) is 4.33. The van der Waals surface area contributed by atoms with E-state index >= 15 is 0 Å². The van der Waals surface area contributed by atoms with Crippen molar-refractivity contribution in [3.05, 3.63) is 41.7 Å². The Bertz CT molecular complexity index is 680. The van der Waals surface area contributed by atoms with Gasteiger partial charge < -0.3 is 11.1 Å². The number of benzene rings is 1. The van der Waals surface area contributed by atoms with E-state index < -0.39 is 0 Å². The second-order valence-corrected chi connectivity index (χ2v) is 6.23. The van der Waals surface area contributed by atoms with Crippen molar-refractivity contribution >= 4 is 18.3 Å². The molecule has 3 rings (SSSR count). The quantitative estimate of drug-likeness (QED) is 0.873. The molecule has 2 aromatic rings. The highest BCUT2D eigenvalue weighted by molar-refractivity contribution is 5.92. The molecule has 0 aliphatic heterocycles. The third kappa shape index (κ3) is 3.71. The Kier molecular flexibility index (Phi) is 5.06. The molecule has 7 heteroatoms. The number of rotatable bonds is 5. The first kappa shape index (κ1) is 17.4. The standard InChI is InChI=1S/C16H21N5O.ClH/c1-11-3-7-13(8-4-11)21-9-14(19-20-21)15(22)18-16(2,10-17)12-5-6-12;/h3-4,7-9,12H,5-6,10,17H2,1-2H3,(H,18,22);1H. The molecular formula is C16H22ClN5O. The molecular weight excluding hydrogens is 314 g/mol. The summed E-state index contributed by atoms with van der Waals surface area (Å²) in [7, 11) is 0. The van der Waals surface area contributed by atoms with Gasteiger partial charge in [0.25, 0.3) is 5.91 Å². The zero-order valence-electron chi connectivity index (χ0n) is 13.3. The number of amides is 1. The number of halogens is 1. The highest BCUT2D eigenvalue weighted by atomic mass is 35.5. The van der Waals surface area contributed by atoms with Crippen LogP contribution in [0.5, 0.6) is 0 Å². The van der Waals surface area contributed by atoms with Crippen LogP contribution in [-0.2, 0) is 0 Å². The summed E-state index contributed by atoms with van der Waals surface area (Å²) in [6, 6.07) is 7.88. The molecule has 124 valence electrons. The molecule has 1 fully saturated rings. The number of nitrogens with two attached hydrogens (primary N) is 1. The fraction of sp³-hybridized carbons (Fsp3) is 0.438. The monoisotopic (exact) mass is 335 g/mol. The summed E-state index contributed by atoms with van der Waals surface area (Å²) >= 11 is 0. The summed E-state index contributed by atoms with van der Waals surface area (Å²) in [5.74, 6) is 0.242. The van der Waals surface area contributed by atoms with E-state index in [0.29, 0.717) is 18.2 Å². The molecule has 1 aliphatic rings. The van der Waals surface area contributed by atoms with Crippen LogP contribution < -0.4 is 11.1 Å². The van der Waals surface area contributed by atoms with Crippen LogP contribution in [0.4, 0.5) is 0 Å². The fourth-order valence-electron chi connectivity index (χ4n) is 2.56. The Morgan fingerprint density at radius 3 is 2.61 bits per heavy atom. The SMILES string of the molecule is Cc1ccc(-n2cc(C(=O)NC(C)(CN)C3CC3)nn2)cc1.Cl. The van der Waals surface area contributed by atoms with Crippen LogP contribution in [0.25, 0.3) is 5.69 Å². The van der Waals surface area contributed by atoms with Gasteiger partial charge in [-0.2, -0.15) is 0 Å². The number of carbonyl (C=O) groups is 1. The lowest BCUT2D eigenvalue weighted by atomic mass is 9.96. The van der Waals surface area contributed by atoms with Gasteiger partial charge in [0.05, 0.1) is 17.4 Å². The Morgan fingerprint density at radius 1 is 1.39 bits per heavy atom. The molecule has 1 aliphatic carbocycles. The molecule has 1 atom stereocenters. The lowest BCUT2D eigenvalue weighted by Crippen LogP contribution is -2.53. The van der Waals surface area contributed by atoms with Gasteiger partial charge in [-0.15, -0.1) is 17.5 Å². The van der Waals surface area contributed by atoms with Crippen molar-refractivity contribution in [2.45, 2.75) is 32.2 Å². The van der Waals surface area contributed by atoms with Gasteiger partial charge in [-0.25, -0.2) is 4.68 Å². The Hall–Kier alpha value is -1.92. The van der Waals surface area contributed by atoms with Gasteiger partial charge in [0, 0.05) is 6.54 Å². The summed E-state index contributed by atoms with van der Waals surface area (Å²) < 4.78 is 1.60. The first-order valence-electron chi connectivity index (χ1n) is 7.54. The van der Waals surface area contributed by atoms with Gasteiger partial charge >= 0.3 is 0 Å². The number of aryl methyl sites for hydroxylation is 1. The van der Waals surface area contributed by atoms with Gasteiger partial charge in [0.15, 0.2) is 5.69 Å². The minimum Gasteiger partial charge on any atom is -0.344 e. The van der Waals surface area contributed by atoms with Gasteiger partial charge in [-0.3, -0.25) is 4.79 Å². The first-order chi connectivity index (χ1) is 10.5. The van der Waals surface area contributed by atoms with Gasteiger partial charge in [0.1, 0.15) is 0 Å². The minimum atomic E-state index is -0.356. The van der Waals surface area contributed by atoms with Crippen molar-refractivity contribution in [2.24, 2.45) is 11.7 Å². The zero-order valence-corrected chi connectivity index (χ0v) is 14.1.